The minimum atomic E-state index is 0.227. The van der Waals surface area contributed by atoms with Gasteiger partial charge in [-0.05, 0) is 32.5 Å². The zero-order valence-corrected chi connectivity index (χ0v) is 14.6. The highest BCUT2D eigenvalue weighted by molar-refractivity contribution is 7.09. The van der Waals surface area contributed by atoms with Gasteiger partial charge in [-0.2, -0.15) is 0 Å². The maximum Gasteiger partial charge on any atom is 0.0941 e. The molecule has 0 spiro atoms. The second-order valence-corrected chi connectivity index (χ2v) is 6.20. The van der Waals surface area contributed by atoms with E-state index in [0.717, 1.165) is 26.1 Å². The largest absolute Gasteiger partial charge is 0.312 e. The summed E-state index contributed by atoms with van der Waals surface area (Å²) in [4.78, 5) is 7.12. The molecule has 0 radical (unpaired) electrons. The lowest BCUT2D eigenvalue weighted by atomic mass is 9.80. The lowest BCUT2D eigenvalue weighted by molar-refractivity contribution is 0.0498. The Balaban J connectivity index is 3.03. The molecule has 116 valence electrons. The van der Waals surface area contributed by atoms with Crippen molar-refractivity contribution in [2.24, 2.45) is 0 Å². The Morgan fingerprint density at radius 3 is 2.25 bits per heavy atom. The molecule has 0 aliphatic carbocycles. The third kappa shape index (κ3) is 3.80. The monoisotopic (exact) mass is 297 g/mol. The Morgan fingerprint density at radius 1 is 1.20 bits per heavy atom. The number of hydrogen-bond acceptors (Lipinski definition) is 4. The minimum absolute atomic E-state index is 0.227. The zero-order valence-electron chi connectivity index (χ0n) is 13.8. The van der Waals surface area contributed by atoms with E-state index in [9.17, 15) is 0 Å². The molecule has 0 amide bonds. The maximum absolute atomic E-state index is 4.49. The van der Waals surface area contributed by atoms with Crippen molar-refractivity contribution in [3.05, 3.63) is 16.6 Å². The lowest BCUT2D eigenvalue weighted by Crippen LogP contribution is -2.61. The van der Waals surface area contributed by atoms with Crippen LogP contribution in [0.25, 0.3) is 0 Å². The first-order valence-corrected chi connectivity index (χ1v) is 8.93. The van der Waals surface area contributed by atoms with Gasteiger partial charge in [0.1, 0.15) is 0 Å². The van der Waals surface area contributed by atoms with E-state index < -0.39 is 0 Å². The van der Waals surface area contributed by atoms with E-state index in [-0.39, 0.29) is 5.54 Å². The van der Waals surface area contributed by atoms with Crippen molar-refractivity contribution >= 4 is 11.3 Å². The third-order valence-corrected chi connectivity index (χ3v) is 5.38. The number of nitrogens with zero attached hydrogens (tertiary/aromatic N) is 2. The molecule has 0 fully saturated rings. The molecule has 20 heavy (non-hydrogen) atoms. The van der Waals surface area contributed by atoms with E-state index in [4.69, 9.17) is 0 Å². The molecule has 1 aromatic rings. The number of hydrogen-bond donors (Lipinski definition) is 1. The van der Waals surface area contributed by atoms with Gasteiger partial charge in [-0.3, -0.25) is 4.90 Å². The highest BCUT2D eigenvalue weighted by atomic mass is 32.1. The molecule has 4 heteroatoms. The lowest BCUT2D eigenvalue weighted by Gasteiger charge is -2.48. The SMILES string of the molecule is CCNC(Cc1nccs1)C(CC)(CC)N(CC)CC. The molecule has 0 saturated heterocycles. The molecule has 1 unspecified atom stereocenters. The maximum atomic E-state index is 4.49. The molecule has 1 heterocycles. The van der Waals surface area contributed by atoms with Gasteiger partial charge in [0, 0.05) is 29.6 Å². The van der Waals surface area contributed by atoms with Crippen LogP contribution in [0.2, 0.25) is 0 Å². The Hall–Kier alpha value is -0.450. The zero-order chi connectivity index (χ0) is 15.0. The van der Waals surface area contributed by atoms with Crippen LogP contribution in [0.5, 0.6) is 0 Å². The third-order valence-electron chi connectivity index (χ3n) is 4.58. The van der Waals surface area contributed by atoms with Crippen LogP contribution in [0.1, 0.15) is 52.5 Å². The van der Waals surface area contributed by atoms with E-state index in [1.165, 1.54) is 17.8 Å². The van der Waals surface area contributed by atoms with Gasteiger partial charge in [0.2, 0.25) is 0 Å². The van der Waals surface area contributed by atoms with Gasteiger partial charge in [0.05, 0.1) is 5.01 Å². The van der Waals surface area contributed by atoms with Crippen LogP contribution in [0.4, 0.5) is 0 Å². The second kappa shape index (κ2) is 8.75. The predicted octanol–water partition coefficient (Wildman–Crippen LogP) is 3.56. The van der Waals surface area contributed by atoms with Gasteiger partial charge in [-0.25, -0.2) is 4.98 Å². The van der Waals surface area contributed by atoms with Crippen LogP contribution in [-0.4, -0.2) is 41.1 Å². The summed E-state index contributed by atoms with van der Waals surface area (Å²) in [5.74, 6) is 0. The highest BCUT2D eigenvalue weighted by Crippen LogP contribution is 2.30. The summed E-state index contributed by atoms with van der Waals surface area (Å²) in [7, 11) is 0. The summed E-state index contributed by atoms with van der Waals surface area (Å²) >= 11 is 1.77. The van der Waals surface area contributed by atoms with E-state index in [1.54, 1.807) is 11.3 Å². The van der Waals surface area contributed by atoms with Crippen LogP contribution < -0.4 is 5.32 Å². The minimum Gasteiger partial charge on any atom is -0.312 e. The summed E-state index contributed by atoms with van der Waals surface area (Å²) < 4.78 is 0. The molecule has 1 aromatic heterocycles. The van der Waals surface area contributed by atoms with Crippen molar-refractivity contribution in [2.75, 3.05) is 19.6 Å². The molecule has 0 aliphatic rings. The van der Waals surface area contributed by atoms with Crippen LogP contribution in [0, 0.1) is 0 Å². The highest BCUT2D eigenvalue weighted by Gasteiger charge is 2.39. The molecule has 1 rings (SSSR count). The molecule has 3 nitrogen and oxygen atoms in total. The summed E-state index contributed by atoms with van der Waals surface area (Å²) in [5, 5.41) is 7.06. The summed E-state index contributed by atoms with van der Waals surface area (Å²) in [6, 6.07) is 0.466. The van der Waals surface area contributed by atoms with E-state index in [1.807, 2.05) is 6.20 Å². The number of nitrogens with one attached hydrogen (secondary N) is 1. The average molecular weight is 298 g/mol. The van der Waals surface area contributed by atoms with Gasteiger partial charge in [0.25, 0.3) is 0 Å². The van der Waals surface area contributed by atoms with Crippen molar-refractivity contribution in [1.82, 2.24) is 15.2 Å². The van der Waals surface area contributed by atoms with E-state index in [2.05, 4.69) is 55.2 Å². The molecule has 0 aromatic carbocycles. The first-order valence-electron chi connectivity index (χ1n) is 8.05. The fourth-order valence-corrected chi connectivity index (χ4v) is 4.15. The number of likely N-dealkylation sites (N-methyl/N-ethyl adjacent to an activating group) is 2. The van der Waals surface area contributed by atoms with Crippen LogP contribution in [0.15, 0.2) is 11.6 Å². The molecule has 0 saturated carbocycles. The van der Waals surface area contributed by atoms with Crippen molar-refractivity contribution in [3.63, 3.8) is 0 Å². The first kappa shape index (κ1) is 17.6. The van der Waals surface area contributed by atoms with Gasteiger partial charge in [-0.15, -0.1) is 11.3 Å². The topological polar surface area (TPSA) is 28.2 Å². The van der Waals surface area contributed by atoms with Crippen LogP contribution in [0.3, 0.4) is 0 Å². The van der Waals surface area contributed by atoms with Gasteiger partial charge >= 0.3 is 0 Å². The number of aromatic nitrogens is 1. The van der Waals surface area contributed by atoms with Crippen molar-refractivity contribution in [2.45, 2.75) is 65.5 Å². The van der Waals surface area contributed by atoms with Crippen molar-refractivity contribution in [3.8, 4) is 0 Å². The molecular weight excluding hydrogens is 266 g/mol. The van der Waals surface area contributed by atoms with E-state index in [0.29, 0.717) is 6.04 Å². The average Bonchev–Trinajstić information content (AvgIpc) is 2.97. The molecule has 1 atom stereocenters. The molecule has 0 aliphatic heterocycles. The summed E-state index contributed by atoms with van der Waals surface area (Å²) in [6.45, 7) is 14.6. The Morgan fingerprint density at radius 2 is 1.85 bits per heavy atom. The fraction of sp³-hybridized carbons (Fsp3) is 0.812. The quantitative estimate of drug-likeness (QED) is 0.715. The fourth-order valence-electron chi connectivity index (χ4n) is 3.49. The van der Waals surface area contributed by atoms with Gasteiger partial charge in [0.15, 0.2) is 0 Å². The first-order chi connectivity index (χ1) is 9.68. The number of thiazole rings is 1. The summed E-state index contributed by atoms with van der Waals surface area (Å²) in [5.41, 5.74) is 0.227. The Bertz CT molecular complexity index is 343. The molecule has 0 bridgehead atoms. The van der Waals surface area contributed by atoms with Crippen LogP contribution >= 0.6 is 11.3 Å². The second-order valence-electron chi connectivity index (χ2n) is 5.22. The van der Waals surface area contributed by atoms with E-state index >= 15 is 0 Å². The van der Waals surface area contributed by atoms with Crippen LogP contribution in [-0.2, 0) is 6.42 Å². The molecule has 1 N–H and O–H groups in total. The standard InChI is InChI=1S/C16H31N3S/c1-6-16(7-2,19(9-4)10-5)14(17-8-3)13-15-18-11-12-20-15/h11-12,14,17H,6-10,13H2,1-5H3. The Kier molecular flexibility index (Phi) is 7.70. The van der Waals surface area contributed by atoms with Gasteiger partial charge < -0.3 is 5.32 Å². The summed E-state index contributed by atoms with van der Waals surface area (Å²) in [6.07, 6.45) is 5.30. The van der Waals surface area contributed by atoms with Crippen molar-refractivity contribution < 1.29 is 0 Å². The normalized spacial score (nSPS) is 13.9. The number of rotatable bonds is 10. The smallest absolute Gasteiger partial charge is 0.0941 e. The predicted molar refractivity (Wildman–Crippen MR) is 89.5 cm³/mol. The molecular formula is C16H31N3S. The Labute approximate surface area is 128 Å². The van der Waals surface area contributed by atoms with Gasteiger partial charge in [-0.1, -0.05) is 34.6 Å². The van der Waals surface area contributed by atoms with Crippen molar-refractivity contribution in [1.29, 1.82) is 0 Å².